The monoisotopic (exact) mass is 252 g/mol. The van der Waals surface area contributed by atoms with Crippen molar-refractivity contribution in [2.24, 2.45) is 0 Å². The Morgan fingerprint density at radius 3 is 2.00 bits per heavy atom. The van der Waals surface area contributed by atoms with Crippen LogP contribution in [0.25, 0.3) is 0 Å². The summed E-state index contributed by atoms with van der Waals surface area (Å²) in [6.45, 7) is 0.644. The highest BCUT2D eigenvalue weighted by atomic mass is 32.1. The predicted molar refractivity (Wildman–Crippen MR) is 49.4 cm³/mol. The van der Waals surface area contributed by atoms with Gasteiger partial charge in [0.25, 0.3) is 11.6 Å². The van der Waals surface area contributed by atoms with Gasteiger partial charge in [0.05, 0.1) is 0 Å². The van der Waals surface area contributed by atoms with E-state index in [1.807, 2.05) is 0 Å². The smallest absolute Gasteiger partial charge is 0.357 e. The maximum Gasteiger partial charge on any atom is 0.419 e. The molecule has 0 aliphatic rings. The first kappa shape index (κ1) is 14.6. The van der Waals surface area contributed by atoms with Gasteiger partial charge >= 0.3 is 11.9 Å². The van der Waals surface area contributed by atoms with Gasteiger partial charge in [0.2, 0.25) is 0 Å². The van der Waals surface area contributed by atoms with Crippen LogP contribution in [0.4, 0.5) is 0 Å². The minimum atomic E-state index is -3.12. The lowest BCUT2D eigenvalue weighted by atomic mass is 10.3. The molecule has 16 heavy (non-hydrogen) atoms. The molecule has 0 saturated carbocycles. The van der Waals surface area contributed by atoms with E-state index in [-0.39, 0.29) is 0 Å². The maximum atomic E-state index is 10.8. The van der Waals surface area contributed by atoms with Crippen LogP contribution in [-0.2, 0) is 19.4 Å². The molecule has 0 bridgehead atoms. The summed E-state index contributed by atoms with van der Waals surface area (Å²) in [5.74, 6) is -9.53. The second kappa shape index (κ2) is 5.12. The van der Waals surface area contributed by atoms with Gasteiger partial charge in [-0.05, 0) is 17.2 Å². The number of thiocarbonyl (C=S) groups is 1. The highest BCUT2D eigenvalue weighted by Gasteiger charge is 2.37. The summed E-state index contributed by atoms with van der Waals surface area (Å²) in [6, 6.07) is 0. The minimum Gasteiger partial charge on any atom is -0.357 e. The molecule has 0 spiro atoms. The Hall–Kier alpha value is -1.35. The van der Waals surface area contributed by atoms with Gasteiger partial charge in [-0.3, -0.25) is 0 Å². The summed E-state index contributed by atoms with van der Waals surface area (Å²) in [6.07, 6.45) is 0.357. The molecule has 8 nitrogen and oxygen atoms in total. The van der Waals surface area contributed by atoms with Crippen molar-refractivity contribution in [3.63, 3.8) is 0 Å². The van der Waals surface area contributed by atoms with Crippen molar-refractivity contribution in [1.29, 1.82) is 0 Å². The van der Waals surface area contributed by atoms with Gasteiger partial charge in [0.1, 0.15) is 0 Å². The first-order valence-electron chi connectivity index (χ1n) is 3.66. The van der Waals surface area contributed by atoms with Crippen molar-refractivity contribution in [3.05, 3.63) is 6.08 Å². The predicted octanol–water partition coefficient (Wildman–Crippen LogP) is -2.48. The van der Waals surface area contributed by atoms with E-state index in [1.165, 1.54) is 0 Å². The molecule has 0 aliphatic carbocycles. The Morgan fingerprint density at radius 2 is 1.62 bits per heavy atom. The van der Waals surface area contributed by atoms with Crippen LogP contribution >= 0.6 is 12.2 Å². The number of aliphatic hydroxyl groups is 4. The zero-order chi connectivity index (χ0) is 13.0. The zero-order valence-corrected chi connectivity index (χ0v) is 8.72. The molecule has 0 rings (SSSR count). The van der Waals surface area contributed by atoms with E-state index < -0.39 is 23.5 Å². The molecule has 0 fully saturated rings. The fraction of sp³-hybridized carbons (Fsp3) is 0.429. The Bertz CT molecular complexity index is 335. The van der Waals surface area contributed by atoms with Crippen LogP contribution in [0.5, 0.6) is 0 Å². The second-order valence-corrected chi connectivity index (χ2v) is 2.99. The molecule has 0 heterocycles. The summed E-state index contributed by atoms with van der Waals surface area (Å²) in [7, 11) is 0. The van der Waals surface area contributed by atoms with E-state index in [1.54, 1.807) is 5.02 Å². The fourth-order valence-corrected chi connectivity index (χ4v) is 0.521. The number of hydrogen-bond acceptors (Lipinski definition) is 9. The summed E-state index contributed by atoms with van der Waals surface area (Å²) in [5, 5.41) is 36.7. The molecule has 0 aromatic carbocycles. The second-order valence-electron chi connectivity index (χ2n) is 2.75. The van der Waals surface area contributed by atoms with Gasteiger partial charge in [-0.2, -0.15) is 0 Å². The molecule has 0 aliphatic heterocycles. The Labute approximate surface area is 94.3 Å². The van der Waals surface area contributed by atoms with Gasteiger partial charge in [-0.15, -0.1) is 0 Å². The van der Waals surface area contributed by atoms with Crippen molar-refractivity contribution < 1.29 is 39.8 Å². The normalized spacial score (nSPS) is 11.3. The summed E-state index contributed by atoms with van der Waals surface area (Å²) in [5.41, 5.74) is 0. The molecule has 0 atom stereocenters. The van der Waals surface area contributed by atoms with Crippen molar-refractivity contribution in [1.82, 2.24) is 0 Å². The summed E-state index contributed by atoms with van der Waals surface area (Å²) >= 11 is 4.09. The van der Waals surface area contributed by atoms with Crippen molar-refractivity contribution >= 4 is 29.2 Å². The van der Waals surface area contributed by atoms with Gasteiger partial charge < -0.3 is 20.4 Å². The van der Waals surface area contributed by atoms with E-state index in [0.717, 1.165) is 0 Å². The number of rotatable bonds is 3. The lowest BCUT2D eigenvalue weighted by Crippen LogP contribution is -2.41. The van der Waals surface area contributed by atoms with Gasteiger partial charge in [-0.1, -0.05) is 0 Å². The third kappa shape index (κ3) is 4.45. The highest BCUT2D eigenvalue weighted by Crippen LogP contribution is 2.06. The molecular weight excluding hydrogens is 244 g/mol. The lowest BCUT2D eigenvalue weighted by molar-refractivity contribution is -0.301. The molecule has 0 aromatic rings. The van der Waals surface area contributed by atoms with Crippen LogP contribution in [0.15, 0.2) is 6.08 Å². The van der Waals surface area contributed by atoms with E-state index in [9.17, 15) is 9.59 Å². The van der Waals surface area contributed by atoms with Crippen molar-refractivity contribution in [2.45, 2.75) is 18.5 Å². The summed E-state index contributed by atoms with van der Waals surface area (Å²) in [4.78, 5) is 28.7. The first-order valence-corrected chi connectivity index (χ1v) is 4.07. The standard InChI is InChI=1S/C7H8O8S/c1-6(10,11)4(8)14-15-5(9)7(12,13)2-3-16/h2,10-13H,1H3. The third-order valence-electron chi connectivity index (χ3n) is 1.14. The van der Waals surface area contributed by atoms with Crippen LogP contribution in [-0.4, -0.2) is 49.0 Å². The molecule has 0 radical (unpaired) electrons. The van der Waals surface area contributed by atoms with Crippen molar-refractivity contribution in [3.8, 4) is 0 Å². The zero-order valence-electron chi connectivity index (χ0n) is 7.91. The molecule has 0 aromatic heterocycles. The van der Waals surface area contributed by atoms with Gasteiger partial charge in [0.15, 0.2) is 0 Å². The summed E-state index contributed by atoms with van der Waals surface area (Å²) < 4.78 is 0. The molecule has 0 amide bonds. The SMILES string of the molecule is CC(O)(O)C(=O)OOC(=O)C(O)(O)C=C=S. The first-order chi connectivity index (χ1) is 7.11. The lowest BCUT2D eigenvalue weighted by Gasteiger charge is -2.15. The quantitative estimate of drug-likeness (QED) is 0.186. The molecule has 90 valence electrons. The number of carbonyl (C=O) groups excluding carboxylic acids is 2. The average Bonchev–Trinajstić information content (AvgIpc) is 2.11. The van der Waals surface area contributed by atoms with Crippen LogP contribution in [0.1, 0.15) is 6.92 Å². The average molecular weight is 252 g/mol. The van der Waals surface area contributed by atoms with Gasteiger partial charge in [0, 0.05) is 13.0 Å². The van der Waals surface area contributed by atoms with Crippen LogP contribution in [0.3, 0.4) is 0 Å². The minimum absolute atomic E-state index is 0.357. The van der Waals surface area contributed by atoms with Crippen molar-refractivity contribution in [2.75, 3.05) is 0 Å². The largest absolute Gasteiger partial charge is 0.419 e. The number of carbonyl (C=O) groups is 2. The molecule has 9 heteroatoms. The number of hydrogen-bond donors (Lipinski definition) is 4. The maximum absolute atomic E-state index is 10.8. The van der Waals surface area contributed by atoms with Gasteiger partial charge in [-0.25, -0.2) is 19.4 Å². The van der Waals surface area contributed by atoms with E-state index in [2.05, 4.69) is 22.0 Å². The third-order valence-corrected chi connectivity index (χ3v) is 1.26. The van der Waals surface area contributed by atoms with Crippen LogP contribution in [0.2, 0.25) is 0 Å². The Kier molecular flexibility index (Phi) is 4.69. The Balaban J connectivity index is 4.40. The molecule has 0 saturated heterocycles. The van der Waals surface area contributed by atoms with E-state index >= 15 is 0 Å². The van der Waals surface area contributed by atoms with E-state index in [0.29, 0.717) is 13.0 Å². The molecular formula is C7H8O8S. The van der Waals surface area contributed by atoms with Crippen LogP contribution < -0.4 is 0 Å². The van der Waals surface area contributed by atoms with E-state index in [4.69, 9.17) is 20.4 Å². The Morgan fingerprint density at radius 1 is 1.19 bits per heavy atom. The topological polar surface area (TPSA) is 134 Å². The fourth-order valence-electron chi connectivity index (χ4n) is 0.357. The van der Waals surface area contributed by atoms with Crippen LogP contribution in [0, 0.1) is 0 Å². The molecule has 0 unspecified atom stereocenters. The molecule has 4 N–H and O–H groups in total. The highest BCUT2D eigenvalue weighted by molar-refractivity contribution is 7.78.